The van der Waals surface area contributed by atoms with Gasteiger partial charge in [-0.2, -0.15) is 0 Å². The van der Waals surface area contributed by atoms with Crippen LogP contribution in [0.25, 0.3) is 0 Å². The topological polar surface area (TPSA) is 33.1 Å². The minimum Gasteiger partial charge on any atom is -0.333 e. The molecule has 1 aliphatic heterocycles. The molecule has 0 atom stereocenters. The van der Waals surface area contributed by atoms with Gasteiger partial charge in [0.25, 0.3) is 0 Å². The van der Waals surface area contributed by atoms with Crippen molar-refractivity contribution in [2.75, 3.05) is 6.54 Å². The number of aromatic nitrogens is 2. The molecular formula is C17H24N4. The van der Waals surface area contributed by atoms with E-state index in [4.69, 9.17) is 0 Å². The van der Waals surface area contributed by atoms with Crippen molar-refractivity contribution in [2.45, 2.75) is 46.1 Å². The standard InChI is InChI=1S/C17H24N4/c1-14(2)19-11-15-4-3-5-16(10-15)12-20-8-9-21-7-6-18-17(21)13-20/h3-7,10,14,19H,8-9,11-13H2,1-2H3. The van der Waals surface area contributed by atoms with Gasteiger partial charge >= 0.3 is 0 Å². The molecule has 0 unspecified atom stereocenters. The molecule has 4 heteroatoms. The summed E-state index contributed by atoms with van der Waals surface area (Å²) >= 11 is 0. The molecule has 0 saturated heterocycles. The van der Waals surface area contributed by atoms with Gasteiger partial charge in [0.15, 0.2) is 0 Å². The molecule has 3 rings (SSSR count). The van der Waals surface area contributed by atoms with E-state index in [1.54, 1.807) is 0 Å². The van der Waals surface area contributed by atoms with E-state index in [1.807, 2.05) is 6.20 Å². The van der Waals surface area contributed by atoms with Crippen molar-refractivity contribution in [2.24, 2.45) is 0 Å². The monoisotopic (exact) mass is 284 g/mol. The van der Waals surface area contributed by atoms with Crippen molar-refractivity contribution in [3.8, 4) is 0 Å². The molecule has 21 heavy (non-hydrogen) atoms. The number of hydrogen-bond donors (Lipinski definition) is 1. The van der Waals surface area contributed by atoms with Crippen LogP contribution in [0.15, 0.2) is 36.7 Å². The van der Waals surface area contributed by atoms with Crippen molar-refractivity contribution >= 4 is 0 Å². The normalized spacial score (nSPS) is 15.4. The van der Waals surface area contributed by atoms with Crippen LogP contribution in [-0.2, 0) is 26.2 Å². The fourth-order valence-corrected chi connectivity index (χ4v) is 2.78. The first kappa shape index (κ1) is 14.3. The highest BCUT2D eigenvalue weighted by atomic mass is 15.2. The largest absolute Gasteiger partial charge is 0.333 e. The Hall–Kier alpha value is -1.65. The number of benzene rings is 1. The lowest BCUT2D eigenvalue weighted by Gasteiger charge is -2.27. The first-order valence-electron chi connectivity index (χ1n) is 7.74. The lowest BCUT2D eigenvalue weighted by Crippen LogP contribution is -2.33. The summed E-state index contributed by atoms with van der Waals surface area (Å²) in [4.78, 5) is 6.90. The van der Waals surface area contributed by atoms with E-state index >= 15 is 0 Å². The zero-order valence-corrected chi connectivity index (χ0v) is 12.9. The minimum absolute atomic E-state index is 0.523. The fraction of sp³-hybridized carbons (Fsp3) is 0.471. The van der Waals surface area contributed by atoms with E-state index < -0.39 is 0 Å². The van der Waals surface area contributed by atoms with Crippen LogP contribution in [0.1, 0.15) is 30.8 Å². The van der Waals surface area contributed by atoms with Crippen LogP contribution in [0.3, 0.4) is 0 Å². The number of imidazole rings is 1. The maximum absolute atomic E-state index is 4.43. The quantitative estimate of drug-likeness (QED) is 0.915. The molecule has 2 aromatic rings. The molecular weight excluding hydrogens is 260 g/mol. The Balaban J connectivity index is 1.61. The molecule has 1 aromatic carbocycles. The van der Waals surface area contributed by atoms with Gasteiger partial charge in [0.05, 0.1) is 6.54 Å². The second-order valence-corrected chi connectivity index (χ2v) is 6.10. The van der Waals surface area contributed by atoms with Gasteiger partial charge < -0.3 is 9.88 Å². The number of nitrogens with zero attached hydrogens (tertiary/aromatic N) is 3. The third-order valence-corrected chi connectivity index (χ3v) is 3.94. The highest BCUT2D eigenvalue weighted by Gasteiger charge is 2.16. The van der Waals surface area contributed by atoms with Crippen LogP contribution in [0.4, 0.5) is 0 Å². The number of nitrogens with one attached hydrogen (secondary N) is 1. The average Bonchev–Trinajstić information content (AvgIpc) is 2.93. The van der Waals surface area contributed by atoms with E-state index in [0.717, 1.165) is 32.7 Å². The van der Waals surface area contributed by atoms with Crippen molar-refractivity contribution in [3.05, 3.63) is 53.6 Å². The Kier molecular flexibility index (Phi) is 4.36. The SMILES string of the molecule is CC(C)NCc1cccc(CN2CCn3ccnc3C2)c1. The van der Waals surface area contributed by atoms with E-state index in [0.29, 0.717) is 6.04 Å². The van der Waals surface area contributed by atoms with Crippen LogP contribution in [0, 0.1) is 0 Å². The zero-order chi connectivity index (χ0) is 14.7. The molecule has 0 spiro atoms. The van der Waals surface area contributed by atoms with Gasteiger partial charge in [-0.15, -0.1) is 0 Å². The molecule has 112 valence electrons. The smallest absolute Gasteiger partial charge is 0.122 e. The molecule has 1 aromatic heterocycles. The van der Waals surface area contributed by atoms with Crippen molar-refractivity contribution < 1.29 is 0 Å². The Bertz CT molecular complexity index is 588. The van der Waals surface area contributed by atoms with Gasteiger partial charge in [0.2, 0.25) is 0 Å². The van der Waals surface area contributed by atoms with Crippen LogP contribution in [0.5, 0.6) is 0 Å². The van der Waals surface area contributed by atoms with Gasteiger partial charge in [-0.25, -0.2) is 4.98 Å². The minimum atomic E-state index is 0.523. The molecule has 1 aliphatic rings. The Morgan fingerprint density at radius 2 is 2.10 bits per heavy atom. The molecule has 0 fully saturated rings. The van der Waals surface area contributed by atoms with E-state index in [9.17, 15) is 0 Å². The Morgan fingerprint density at radius 1 is 1.24 bits per heavy atom. The Morgan fingerprint density at radius 3 is 2.95 bits per heavy atom. The fourth-order valence-electron chi connectivity index (χ4n) is 2.78. The molecule has 0 aliphatic carbocycles. The lowest BCUT2D eigenvalue weighted by atomic mass is 10.1. The Labute approximate surface area is 126 Å². The first-order chi connectivity index (χ1) is 10.2. The van der Waals surface area contributed by atoms with Gasteiger partial charge in [-0.3, -0.25) is 4.90 Å². The predicted molar refractivity (Wildman–Crippen MR) is 84.8 cm³/mol. The number of fused-ring (bicyclic) bond motifs is 1. The van der Waals surface area contributed by atoms with Crippen LogP contribution < -0.4 is 5.32 Å². The molecule has 0 bridgehead atoms. The molecule has 0 amide bonds. The highest BCUT2D eigenvalue weighted by molar-refractivity contribution is 5.23. The summed E-state index contributed by atoms with van der Waals surface area (Å²) in [5.41, 5.74) is 2.75. The highest BCUT2D eigenvalue weighted by Crippen LogP contribution is 2.15. The predicted octanol–water partition coefficient (Wildman–Crippen LogP) is 2.40. The summed E-state index contributed by atoms with van der Waals surface area (Å²) in [6.07, 6.45) is 3.97. The van der Waals surface area contributed by atoms with Crippen molar-refractivity contribution in [3.63, 3.8) is 0 Å². The summed E-state index contributed by atoms with van der Waals surface area (Å²) in [5.74, 6) is 1.18. The summed E-state index contributed by atoms with van der Waals surface area (Å²) in [5, 5.41) is 3.48. The van der Waals surface area contributed by atoms with Gasteiger partial charge in [0.1, 0.15) is 5.82 Å². The third-order valence-electron chi connectivity index (χ3n) is 3.94. The first-order valence-corrected chi connectivity index (χ1v) is 7.74. The number of rotatable bonds is 5. The average molecular weight is 284 g/mol. The summed E-state index contributed by atoms with van der Waals surface area (Å²) in [7, 11) is 0. The molecule has 0 saturated carbocycles. The van der Waals surface area contributed by atoms with Crippen LogP contribution in [-0.4, -0.2) is 27.0 Å². The second-order valence-electron chi connectivity index (χ2n) is 6.10. The summed E-state index contributed by atoms with van der Waals surface area (Å²) < 4.78 is 2.25. The van der Waals surface area contributed by atoms with Gasteiger partial charge in [-0.1, -0.05) is 38.1 Å². The zero-order valence-electron chi connectivity index (χ0n) is 12.9. The van der Waals surface area contributed by atoms with Crippen molar-refractivity contribution in [1.82, 2.24) is 19.8 Å². The third kappa shape index (κ3) is 3.71. The summed E-state index contributed by atoms with van der Waals surface area (Å²) in [6.45, 7) is 9.39. The maximum atomic E-state index is 4.43. The van der Waals surface area contributed by atoms with Crippen LogP contribution in [0.2, 0.25) is 0 Å². The van der Waals surface area contributed by atoms with Gasteiger partial charge in [0, 0.05) is 44.6 Å². The lowest BCUT2D eigenvalue weighted by molar-refractivity contribution is 0.209. The van der Waals surface area contributed by atoms with E-state index in [2.05, 4.69) is 64.1 Å². The van der Waals surface area contributed by atoms with Crippen molar-refractivity contribution in [1.29, 1.82) is 0 Å². The molecule has 4 nitrogen and oxygen atoms in total. The molecule has 0 radical (unpaired) electrons. The molecule has 2 heterocycles. The molecule has 1 N–H and O–H groups in total. The maximum Gasteiger partial charge on any atom is 0.122 e. The number of hydrogen-bond acceptors (Lipinski definition) is 3. The van der Waals surface area contributed by atoms with Gasteiger partial charge in [-0.05, 0) is 11.1 Å². The van der Waals surface area contributed by atoms with E-state index in [-0.39, 0.29) is 0 Å². The van der Waals surface area contributed by atoms with Crippen LogP contribution >= 0.6 is 0 Å². The second kappa shape index (κ2) is 6.41. The van der Waals surface area contributed by atoms with E-state index in [1.165, 1.54) is 17.0 Å². The summed E-state index contributed by atoms with van der Waals surface area (Å²) in [6, 6.07) is 9.42.